The van der Waals surface area contributed by atoms with Gasteiger partial charge in [-0.2, -0.15) is 15.1 Å². The molecular formula is C30H29N7O. The van der Waals surface area contributed by atoms with Gasteiger partial charge in [-0.3, -0.25) is 9.89 Å². The molecule has 0 saturated heterocycles. The molecule has 1 unspecified atom stereocenters. The lowest BCUT2D eigenvalue weighted by Gasteiger charge is -2.32. The molecule has 0 fully saturated rings. The Balaban J connectivity index is 1.28. The minimum Gasteiger partial charge on any atom is -0.355 e. The van der Waals surface area contributed by atoms with Crippen LogP contribution in [0.3, 0.4) is 0 Å². The Hall–Kier alpha value is -4.72. The van der Waals surface area contributed by atoms with E-state index < -0.39 is 5.92 Å². The maximum atomic E-state index is 13.4. The molecule has 3 N–H and O–H groups in total. The van der Waals surface area contributed by atoms with Gasteiger partial charge in [-0.25, -0.2) is 0 Å². The quantitative estimate of drug-likeness (QED) is 0.275. The second kappa shape index (κ2) is 10.7. The lowest BCUT2D eigenvalue weighted by Crippen LogP contribution is -2.41. The highest BCUT2D eigenvalue weighted by atomic mass is 16.1. The summed E-state index contributed by atoms with van der Waals surface area (Å²) in [5, 5.41) is 14.9. The first-order valence-electron chi connectivity index (χ1n) is 12.9. The SMILES string of the molecule is O=C(NCCc1ccccc1)C1CN(Cc2ccccc2)c2nc(NCc3ccccc3)nc3n[nH]c1c23. The number of H-pyrrole nitrogens is 1. The fourth-order valence-corrected chi connectivity index (χ4v) is 4.92. The van der Waals surface area contributed by atoms with E-state index in [1.54, 1.807) is 0 Å². The van der Waals surface area contributed by atoms with Crippen molar-refractivity contribution in [1.29, 1.82) is 0 Å². The van der Waals surface area contributed by atoms with Crippen LogP contribution in [-0.2, 0) is 24.3 Å². The molecule has 1 aliphatic heterocycles. The van der Waals surface area contributed by atoms with Crippen LogP contribution in [0.1, 0.15) is 28.3 Å². The highest BCUT2D eigenvalue weighted by Gasteiger charge is 2.35. The number of amides is 1. The summed E-state index contributed by atoms with van der Waals surface area (Å²) in [6, 6.07) is 30.6. The lowest BCUT2D eigenvalue weighted by atomic mass is 9.96. The van der Waals surface area contributed by atoms with Crippen molar-refractivity contribution >= 4 is 28.7 Å². The molecule has 38 heavy (non-hydrogen) atoms. The smallest absolute Gasteiger partial charge is 0.230 e. The maximum absolute atomic E-state index is 13.4. The van der Waals surface area contributed by atoms with E-state index in [4.69, 9.17) is 4.98 Å². The third-order valence-corrected chi connectivity index (χ3v) is 6.86. The summed E-state index contributed by atoms with van der Waals surface area (Å²) in [4.78, 5) is 25.2. The zero-order valence-corrected chi connectivity index (χ0v) is 21.0. The molecule has 1 aliphatic rings. The zero-order valence-electron chi connectivity index (χ0n) is 21.0. The van der Waals surface area contributed by atoms with Gasteiger partial charge in [0.25, 0.3) is 0 Å². The average molecular weight is 504 g/mol. The second-order valence-corrected chi connectivity index (χ2v) is 9.49. The number of hydrogen-bond donors (Lipinski definition) is 3. The van der Waals surface area contributed by atoms with Crippen LogP contribution in [0.5, 0.6) is 0 Å². The molecule has 8 nitrogen and oxygen atoms in total. The van der Waals surface area contributed by atoms with Gasteiger partial charge >= 0.3 is 0 Å². The molecule has 0 bridgehead atoms. The fraction of sp³-hybridized carbons (Fsp3) is 0.200. The average Bonchev–Trinajstić information content (AvgIpc) is 3.39. The van der Waals surface area contributed by atoms with Gasteiger partial charge in [-0.15, -0.1) is 0 Å². The molecule has 0 saturated carbocycles. The molecule has 5 aromatic rings. The molecule has 0 radical (unpaired) electrons. The summed E-state index contributed by atoms with van der Waals surface area (Å²) in [6.07, 6.45) is 0.779. The summed E-state index contributed by atoms with van der Waals surface area (Å²) in [5.41, 5.74) is 4.81. The van der Waals surface area contributed by atoms with Gasteiger partial charge in [-0.1, -0.05) is 91.0 Å². The Bertz CT molecular complexity index is 1520. The predicted octanol–water partition coefficient (Wildman–Crippen LogP) is 4.43. The first-order chi connectivity index (χ1) is 18.7. The Morgan fingerprint density at radius 3 is 2.24 bits per heavy atom. The van der Waals surface area contributed by atoms with E-state index in [-0.39, 0.29) is 5.91 Å². The van der Waals surface area contributed by atoms with E-state index in [1.807, 2.05) is 54.6 Å². The molecule has 1 atom stereocenters. The number of benzene rings is 3. The molecule has 3 aromatic carbocycles. The minimum absolute atomic E-state index is 0.0264. The van der Waals surface area contributed by atoms with Crippen molar-refractivity contribution in [2.75, 3.05) is 23.3 Å². The number of anilines is 2. The van der Waals surface area contributed by atoms with Crippen molar-refractivity contribution in [1.82, 2.24) is 25.5 Å². The van der Waals surface area contributed by atoms with Crippen LogP contribution in [0.25, 0.3) is 11.0 Å². The van der Waals surface area contributed by atoms with Crippen LogP contribution in [0.2, 0.25) is 0 Å². The molecule has 190 valence electrons. The van der Waals surface area contributed by atoms with Gasteiger partial charge in [0, 0.05) is 26.2 Å². The van der Waals surface area contributed by atoms with Crippen LogP contribution in [0.15, 0.2) is 91.0 Å². The second-order valence-electron chi connectivity index (χ2n) is 9.49. The number of aromatic amines is 1. The summed E-state index contributed by atoms with van der Waals surface area (Å²) in [7, 11) is 0. The third-order valence-electron chi connectivity index (χ3n) is 6.86. The van der Waals surface area contributed by atoms with Crippen LogP contribution in [0.4, 0.5) is 11.8 Å². The number of carbonyl (C=O) groups is 1. The topological polar surface area (TPSA) is 98.8 Å². The van der Waals surface area contributed by atoms with E-state index in [9.17, 15) is 4.79 Å². The highest BCUT2D eigenvalue weighted by Crippen LogP contribution is 2.37. The van der Waals surface area contributed by atoms with Gasteiger partial charge in [0.2, 0.25) is 11.9 Å². The van der Waals surface area contributed by atoms with Crippen molar-refractivity contribution < 1.29 is 4.79 Å². The molecule has 8 heteroatoms. The van der Waals surface area contributed by atoms with Gasteiger partial charge in [-0.05, 0) is 23.1 Å². The van der Waals surface area contributed by atoms with E-state index in [0.29, 0.717) is 37.8 Å². The normalized spacial score (nSPS) is 14.4. The van der Waals surface area contributed by atoms with Crippen molar-refractivity contribution in [3.63, 3.8) is 0 Å². The fourth-order valence-electron chi connectivity index (χ4n) is 4.92. The van der Waals surface area contributed by atoms with Gasteiger partial charge in [0.15, 0.2) is 5.65 Å². The van der Waals surface area contributed by atoms with Crippen molar-refractivity contribution in [3.05, 3.63) is 113 Å². The number of rotatable bonds is 9. The summed E-state index contributed by atoms with van der Waals surface area (Å²) < 4.78 is 0. The molecule has 0 spiro atoms. The first kappa shape index (κ1) is 23.7. The van der Waals surface area contributed by atoms with Gasteiger partial charge in [0.05, 0.1) is 17.0 Å². The summed E-state index contributed by atoms with van der Waals surface area (Å²) in [6.45, 7) is 2.30. The number of nitrogens with one attached hydrogen (secondary N) is 3. The highest BCUT2D eigenvalue weighted by molar-refractivity contribution is 5.98. The van der Waals surface area contributed by atoms with Crippen LogP contribution in [0, 0.1) is 0 Å². The Kier molecular flexibility index (Phi) is 6.68. The van der Waals surface area contributed by atoms with Crippen LogP contribution < -0.4 is 15.5 Å². The minimum atomic E-state index is -0.404. The Morgan fingerprint density at radius 2 is 1.53 bits per heavy atom. The number of aromatic nitrogens is 4. The summed E-state index contributed by atoms with van der Waals surface area (Å²) in [5.74, 6) is 0.866. The van der Waals surface area contributed by atoms with Crippen molar-refractivity contribution in [2.45, 2.75) is 25.4 Å². The van der Waals surface area contributed by atoms with E-state index >= 15 is 0 Å². The Labute approximate surface area is 221 Å². The molecule has 6 rings (SSSR count). The van der Waals surface area contributed by atoms with Crippen molar-refractivity contribution in [3.8, 4) is 0 Å². The standard InChI is InChI=1S/C30H29N7O/c38-29(31-17-16-21-10-4-1-5-11-21)24-20-37(19-23-14-8-3-9-15-23)28-25-26(24)35-36-27(25)33-30(34-28)32-18-22-12-6-2-7-13-22/h1-15,24H,16-20H2,(H,31,38)(H2,32,33,34,35,36). The van der Waals surface area contributed by atoms with E-state index in [1.165, 1.54) is 5.56 Å². The number of nitrogens with zero attached hydrogens (tertiary/aromatic N) is 4. The van der Waals surface area contributed by atoms with Gasteiger partial charge in [0.1, 0.15) is 5.82 Å². The Morgan fingerprint density at radius 1 is 0.868 bits per heavy atom. The molecule has 0 aliphatic carbocycles. The van der Waals surface area contributed by atoms with Gasteiger partial charge < -0.3 is 15.5 Å². The molecule has 1 amide bonds. The monoisotopic (exact) mass is 503 g/mol. The molecule has 3 heterocycles. The van der Waals surface area contributed by atoms with Crippen LogP contribution >= 0.6 is 0 Å². The van der Waals surface area contributed by atoms with Crippen molar-refractivity contribution in [2.24, 2.45) is 0 Å². The van der Waals surface area contributed by atoms with E-state index in [2.05, 4.69) is 67.1 Å². The number of carbonyl (C=O) groups excluding carboxylic acids is 1. The summed E-state index contributed by atoms with van der Waals surface area (Å²) >= 11 is 0. The lowest BCUT2D eigenvalue weighted by molar-refractivity contribution is -0.122. The first-order valence-corrected chi connectivity index (χ1v) is 12.9. The largest absolute Gasteiger partial charge is 0.355 e. The molecular weight excluding hydrogens is 474 g/mol. The maximum Gasteiger partial charge on any atom is 0.230 e. The predicted molar refractivity (Wildman–Crippen MR) is 149 cm³/mol. The molecule has 2 aromatic heterocycles. The zero-order chi connectivity index (χ0) is 25.7. The number of hydrogen-bond acceptors (Lipinski definition) is 6. The third kappa shape index (κ3) is 5.06. The van der Waals surface area contributed by atoms with E-state index in [0.717, 1.165) is 34.4 Å². The van der Waals surface area contributed by atoms with Crippen LogP contribution in [-0.4, -0.2) is 39.2 Å².